The van der Waals surface area contributed by atoms with Crippen molar-refractivity contribution in [1.82, 2.24) is 0 Å². The number of anilines is 1. The minimum atomic E-state index is -0.135. The fraction of sp³-hybridized carbons (Fsp3) is 0.429. The Bertz CT molecular complexity index is 451. The van der Waals surface area contributed by atoms with E-state index in [0.29, 0.717) is 5.56 Å². The van der Waals surface area contributed by atoms with E-state index in [4.69, 9.17) is 0 Å². The summed E-state index contributed by atoms with van der Waals surface area (Å²) in [5, 5.41) is 2.85. The van der Waals surface area contributed by atoms with Crippen LogP contribution in [0.3, 0.4) is 0 Å². The van der Waals surface area contributed by atoms with Gasteiger partial charge in [0.15, 0.2) is 5.78 Å². The number of hydrogen-bond acceptors (Lipinski definition) is 2. The molecule has 1 aromatic rings. The Balaban J connectivity index is 2.00. The van der Waals surface area contributed by atoms with E-state index in [1.807, 2.05) is 6.92 Å². The third-order valence-corrected chi connectivity index (χ3v) is 4.09. The summed E-state index contributed by atoms with van der Waals surface area (Å²) in [6, 6.07) is 7.08. The number of rotatable bonds is 5. The molecule has 1 saturated carbocycles. The highest BCUT2D eigenvalue weighted by atomic mass is 79.9. The molecule has 0 spiro atoms. The van der Waals surface area contributed by atoms with E-state index in [2.05, 4.69) is 21.2 Å². The Hall–Kier alpha value is -1.16. The molecule has 0 heterocycles. The van der Waals surface area contributed by atoms with Crippen LogP contribution in [-0.4, -0.2) is 16.5 Å². The van der Waals surface area contributed by atoms with E-state index in [0.717, 1.165) is 24.9 Å². The minimum absolute atomic E-state index is 0.0811. The first-order chi connectivity index (χ1) is 8.61. The van der Waals surface area contributed by atoms with Crippen LogP contribution >= 0.6 is 15.9 Å². The fourth-order valence-electron chi connectivity index (χ4n) is 1.67. The van der Waals surface area contributed by atoms with Crippen LogP contribution in [0.25, 0.3) is 0 Å². The van der Waals surface area contributed by atoms with Gasteiger partial charge in [0.05, 0.1) is 4.83 Å². The summed E-state index contributed by atoms with van der Waals surface area (Å²) in [6.45, 7) is 1.96. The molecule has 1 atom stereocenters. The van der Waals surface area contributed by atoms with Gasteiger partial charge >= 0.3 is 0 Å². The zero-order valence-corrected chi connectivity index (χ0v) is 11.9. The van der Waals surface area contributed by atoms with Crippen LogP contribution in [0, 0.1) is 5.92 Å². The molecule has 1 aliphatic rings. The molecule has 3 nitrogen and oxygen atoms in total. The third kappa shape index (κ3) is 3.19. The van der Waals surface area contributed by atoms with Gasteiger partial charge in [-0.25, -0.2) is 0 Å². The minimum Gasteiger partial charge on any atom is -0.326 e. The smallest absolute Gasteiger partial charge is 0.227 e. The van der Waals surface area contributed by atoms with Crippen molar-refractivity contribution in [2.24, 2.45) is 5.92 Å². The number of Topliss-reactive ketones (excluding diaryl/α,β-unsaturated/α-hetero) is 1. The summed E-state index contributed by atoms with van der Waals surface area (Å²) >= 11 is 3.35. The Morgan fingerprint density at radius 2 is 1.94 bits per heavy atom. The molecule has 18 heavy (non-hydrogen) atoms. The van der Waals surface area contributed by atoms with E-state index >= 15 is 0 Å². The van der Waals surface area contributed by atoms with Crippen LogP contribution in [-0.2, 0) is 4.79 Å². The number of nitrogens with one attached hydrogen (secondary N) is 1. The number of carbonyl (C=O) groups excluding carboxylic acids is 2. The molecule has 1 aliphatic carbocycles. The van der Waals surface area contributed by atoms with Gasteiger partial charge < -0.3 is 5.32 Å². The molecule has 1 amide bonds. The van der Waals surface area contributed by atoms with Gasteiger partial charge in [0.2, 0.25) is 5.91 Å². The van der Waals surface area contributed by atoms with Crippen molar-refractivity contribution in [1.29, 1.82) is 0 Å². The highest BCUT2D eigenvalue weighted by Crippen LogP contribution is 2.30. The van der Waals surface area contributed by atoms with Gasteiger partial charge in [0.1, 0.15) is 0 Å². The molecule has 0 bridgehead atoms. The molecule has 0 radical (unpaired) electrons. The first kappa shape index (κ1) is 13.3. The van der Waals surface area contributed by atoms with Gasteiger partial charge in [-0.15, -0.1) is 0 Å². The molecule has 1 N–H and O–H groups in total. The monoisotopic (exact) mass is 309 g/mol. The normalized spacial score (nSPS) is 16.1. The summed E-state index contributed by atoms with van der Waals surface area (Å²) in [6.07, 6.45) is 2.74. The molecule has 0 aromatic heterocycles. The molecule has 2 rings (SSSR count). The zero-order valence-electron chi connectivity index (χ0n) is 10.3. The second-order valence-electron chi connectivity index (χ2n) is 4.58. The van der Waals surface area contributed by atoms with E-state index < -0.39 is 0 Å². The van der Waals surface area contributed by atoms with Gasteiger partial charge in [0.25, 0.3) is 0 Å². The fourth-order valence-corrected chi connectivity index (χ4v) is 1.94. The number of ketones is 1. The first-order valence-corrected chi connectivity index (χ1v) is 7.12. The first-order valence-electron chi connectivity index (χ1n) is 6.21. The van der Waals surface area contributed by atoms with Crippen molar-refractivity contribution < 1.29 is 9.59 Å². The van der Waals surface area contributed by atoms with E-state index in [1.165, 1.54) is 0 Å². The molecule has 1 unspecified atom stereocenters. The highest BCUT2D eigenvalue weighted by molar-refractivity contribution is 9.10. The highest BCUT2D eigenvalue weighted by Gasteiger charge is 2.29. The summed E-state index contributed by atoms with van der Waals surface area (Å²) < 4.78 is 0. The third-order valence-electron chi connectivity index (χ3n) is 3.03. The summed E-state index contributed by atoms with van der Waals surface area (Å²) in [5.74, 6) is 0.358. The number of benzene rings is 1. The average Bonchev–Trinajstić information content (AvgIpc) is 3.22. The van der Waals surface area contributed by atoms with Crippen LogP contribution in [0.2, 0.25) is 0 Å². The average molecular weight is 310 g/mol. The number of carbonyl (C=O) groups is 2. The molecular weight excluding hydrogens is 294 g/mol. The molecule has 1 fully saturated rings. The van der Waals surface area contributed by atoms with Crippen molar-refractivity contribution in [3.05, 3.63) is 29.8 Å². The lowest BCUT2D eigenvalue weighted by Crippen LogP contribution is -2.14. The maximum atomic E-state index is 11.9. The number of hydrogen-bond donors (Lipinski definition) is 1. The van der Waals surface area contributed by atoms with Gasteiger partial charge in [-0.05, 0) is 43.5 Å². The van der Waals surface area contributed by atoms with Crippen molar-refractivity contribution in [2.45, 2.75) is 31.0 Å². The second-order valence-corrected chi connectivity index (χ2v) is 5.69. The zero-order chi connectivity index (χ0) is 13.1. The van der Waals surface area contributed by atoms with Crippen molar-refractivity contribution in [3.63, 3.8) is 0 Å². The Labute approximate surface area is 115 Å². The van der Waals surface area contributed by atoms with Crippen LogP contribution in [0.15, 0.2) is 24.3 Å². The van der Waals surface area contributed by atoms with E-state index in [-0.39, 0.29) is 22.4 Å². The quantitative estimate of drug-likeness (QED) is 0.669. The van der Waals surface area contributed by atoms with Crippen molar-refractivity contribution in [2.75, 3.05) is 5.32 Å². The molecular formula is C14H16BrNO2. The number of halogens is 1. The molecule has 96 valence electrons. The predicted octanol–water partition coefficient (Wildman–Crippen LogP) is 3.39. The number of amides is 1. The number of alkyl halides is 1. The lowest BCUT2D eigenvalue weighted by Gasteiger charge is -2.08. The van der Waals surface area contributed by atoms with Gasteiger partial charge in [-0.3, -0.25) is 9.59 Å². The lowest BCUT2D eigenvalue weighted by molar-refractivity contribution is -0.117. The van der Waals surface area contributed by atoms with Gasteiger partial charge in [0, 0.05) is 17.2 Å². The molecule has 4 heteroatoms. The Kier molecular flexibility index (Phi) is 4.17. The maximum absolute atomic E-state index is 11.9. The molecule has 0 aliphatic heterocycles. The summed E-state index contributed by atoms with van der Waals surface area (Å²) in [4.78, 5) is 23.3. The van der Waals surface area contributed by atoms with E-state index in [9.17, 15) is 9.59 Å². The van der Waals surface area contributed by atoms with Crippen molar-refractivity contribution in [3.8, 4) is 0 Å². The van der Waals surface area contributed by atoms with Gasteiger partial charge in [-0.2, -0.15) is 0 Å². The second kappa shape index (κ2) is 5.65. The van der Waals surface area contributed by atoms with Crippen LogP contribution in [0.4, 0.5) is 5.69 Å². The maximum Gasteiger partial charge on any atom is 0.227 e. The Morgan fingerprint density at radius 3 is 2.44 bits per heavy atom. The SMILES string of the molecule is CCC(Br)C(=O)c1ccc(NC(=O)C2CC2)cc1. The molecule has 0 saturated heterocycles. The topological polar surface area (TPSA) is 46.2 Å². The van der Waals surface area contributed by atoms with Crippen LogP contribution in [0.5, 0.6) is 0 Å². The van der Waals surface area contributed by atoms with Crippen molar-refractivity contribution >= 4 is 33.3 Å². The largest absolute Gasteiger partial charge is 0.326 e. The van der Waals surface area contributed by atoms with E-state index in [1.54, 1.807) is 24.3 Å². The summed E-state index contributed by atoms with van der Waals surface area (Å²) in [7, 11) is 0. The predicted molar refractivity (Wildman–Crippen MR) is 75.1 cm³/mol. The lowest BCUT2D eigenvalue weighted by atomic mass is 10.1. The van der Waals surface area contributed by atoms with Crippen LogP contribution < -0.4 is 5.32 Å². The van der Waals surface area contributed by atoms with Gasteiger partial charge in [-0.1, -0.05) is 22.9 Å². The standard InChI is InChI=1S/C14H16BrNO2/c1-2-12(15)13(17)9-5-7-11(8-6-9)16-14(18)10-3-4-10/h5-8,10,12H,2-4H2,1H3,(H,16,18). The van der Waals surface area contributed by atoms with Crippen LogP contribution in [0.1, 0.15) is 36.5 Å². The molecule has 1 aromatic carbocycles. The Morgan fingerprint density at radius 1 is 1.33 bits per heavy atom. The summed E-state index contributed by atoms with van der Waals surface area (Å²) in [5.41, 5.74) is 1.43.